The molecule has 0 aliphatic heterocycles. The first-order valence-corrected chi connectivity index (χ1v) is 7.95. The Morgan fingerprint density at radius 3 is 2.52 bits per heavy atom. The van der Waals surface area contributed by atoms with Crippen LogP contribution in [-0.4, -0.2) is 23.2 Å². The van der Waals surface area contributed by atoms with E-state index in [0.717, 1.165) is 5.56 Å². The predicted molar refractivity (Wildman–Crippen MR) is 92.4 cm³/mol. The lowest BCUT2D eigenvalue weighted by atomic mass is 10.1. The molecule has 0 saturated heterocycles. The molecule has 0 saturated carbocycles. The minimum absolute atomic E-state index is 0.255. The Labute approximate surface area is 145 Å². The zero-order valence-corrected chi connectivity index (χ0v) is 14.1. The summed E-state index contributed by atoms with van der Waals surface area (Å²) in [5.74, 6) is 1.10. The molecule has 0 fully saturated rings. The lowest BCUT2D eigenvalue weighted by molar-refractivity contribution is 0.0926. The highest BCUT2D eigenvalue weighted by Gasteiger charge is 2.23. The molecule has 0 spiro atoms. The highest BCUT2D eigenvalue weighted by Crippen LogP contribution is 2.21. The fourth-order valence-corrected chi connectivity index (χ4v) is 2.57. The van der Waals surface area contributed by atoms with Gasteiger partial charge in [0.25, 0.3) is 5.91 Å². The standard InChI is InChI=1S/C19H19N3O3/c1-13-21-22-19(25-13)16(12-14-8-4-3-5-9-14)20-18(23)15-10-6-7-11-17(15)24-2/h3-11,16H,12H2,1-2H3,(H,20,23). The Morgan fingerprint density at radius 1 is 1.12 bits per heavy atom. The van der Waals surface area contributed by atoms with Gasteiger partial charge in [-0.1, -0.05) is 42.5 Å². The molecule has 1 aromatic heterocycles. The van der Waals surface area contributed by atoms with Crippen molar-refractivity contribution in [1.29, 1.82) is 0 Å². The summed E-state index contributed by atoms with van der Waals surface area (Å²) in [6.45, 7) is 1.72. The van der Waals surface area contributed by atoms with Gasteiger partial charge in [-0.2, -0.15) is 0 Å². The zero-order valence-electron chi connectivity index (χ0n) is 14.1. The Morgan fingerprint density at radius 2 is 1.84 bits per heavy atom. The summed E-state index contributed by atoms with van der Waals surface area (Å²) >= 11 is 0. The maximum atomic E-state index is 12.7. The van der Waals surface area contributed by atoms with Crippen molar-refractivity contribution in [3.8, 4) is 5.75 Å². The van der Waals surface area contributed by atoms with Crippen molar-refractivity contribution in [2.24, 2.45) is 0 Å². The highest BCUT2D eigenvalue weighted by molar-refractivity contribution is 5.97. The summed E-state index contributed by atoms with van der Waals surface area (Å²) < 4.78 is 10.8. The normalized spacial score (nSPS) is 11.8. The van der Waals surface area contributed by atoms with Gasteiger partial charge in [0.15, 0.2) is 0 Å². The Balaban J connectivity index is 1.85. The number of nitrogens with one attached hydrogen (secondary N) is 1. The van der Waals surface area contributed by atoms with E-state index in [9.17, 15) is 4.79 Å². The van der Waals surface area contributed by atoms with Crippen LogP contribution in [0.4, 0.5) is 0 Å². The second kappa shape index (κ2) is 7.61. The quantitative estimate of drug-likeness (QED) is 0.748. The third-order valence-corrected chi connectivity index (χ3v) is 3.78. The maximum absolute atomic E-state index is 12.7. The first kappa shape index (κ1) is 16.7. The van der Waals surface area contributed by atoms with Gasteiger partial charge in [-0.25, -0.2) is 0 Å². The number of aryl methyl sites for hydroxylation is 1. The van der Waals surface area contributed by atoms with Gasteiger partial charge in [-0.3, -0.25) is 4.79 Å². The van der Waals surface area contributed by atoms with Crippen molar-refractivity contribution < 1.29 is 13.9 Å². The number of benzene rings is 2. The van der Waals surface area contributed by atoms with Crippen LogP contribution >= 0.6 is 0 Å². The molecule has 2 aromatic carbocycles. The molecule has 128 valence electrons. The van der Waals surface area contributed by atoms with Crippen molar-refractivity contribution in [2.45, 2.75) is 19.4 Å². The number of aromatic nitrogens is 2. The summed E-state index contributed by atoms with van der Waals surface area (Å²) in [5.41, 5.74) is 1.52. The van der Waals surface area contributed by atoms with E-state index in [1.165, 1.54) is 7.11 Å². The lowest BCUT2D eigenvalue weighted by Crippen LogP contribution is -2.30. The number of para-hydroxylation sites is 1. The van der Waals surface area contributed by atoms with Crippen molar-refractivity contribution in [2.75, 3.05) is 7.11 Å². The van der Waals surface area contributed by atoms with Crippen LogP contribution in [0.1, 0.15) is 33.7 Å². The Hall–Kier alpha value is -3.15. The molecule has 1 N–H and O–H groups in total. The Kier molecular flexibility index (Phi) is 5.09. The van der Waals surface area contributed by atoms with Crippen LogP contribution in [0.15, 0.2) is 59.0 Å². The Bertz CT molecular complexity index is 846. The number of methoxy groups -OCH3 is 1. The van der Waals surface area contributed by atoms with E-state index in [1.54, 1.807) is 25.1 Å². The molecule has 25 heavy (non-hydrogen) atoms. The number of carbonyl (C=O) groups excluding carboxylic acids is 1. The van der Waals surface area contributed by atoms with Crippen LogP contribution < -0.4 is 10.1 Å². The van der Waals surface area contributed by atoms with E-state index >= 15 is 0 Å². The number of carbonyl (C=O) groups is 1. The van der Waals surface area contributed by atoms with Gasteiger partial charge in [0.05, 0.1) is 12.7 Å². The summed E-state index contributed by atoms with van der Waals surface area (Å²) in [6, 6.07) is 16.5. The van der Waals surface area contributed by atoms with Crippen LogP contribution in [-0.2, 0) is 6.42 Å². The summed E-state index contributed by atoms with van der Waals surface area (Å²) in [7, 11) is 1.54. The van der Waals surface area contributed by atoms with E-state index in [0.29, 0.717) is 29.5 Å². The van der Waals surface area contributed by atoms with E-state index in [1.807, 2.05) is 36.4 Å². The molecule has 6 nitrogen and oxygen atoms in total. The summed E-state index contributed by atoms with van der Waals surface area (Å²) in [4.78, 5) is 12.7. The average molecular weight is 337 g/mol. The van der Waals surface area contributed by atoms with Crippen LogP contribution in [0.25, 0.3) is 0 Å². The number of amides is 1. The van der Waals surface area contributed by atoms with Gasteiger partial charge in [-0.05, 0) is 17.7 Å². The van der Waals surface area contributed by atoms with Gasteiger partial charge in [0.1, 0.15) is 11.8 Å². The van der Waals surface area contributed by atoms with Crippen molar-refractivity contribution >= 4 is 5.91 Å². The number of hydrogen-bond donors (Lipinski definition) is 1. The first-order chi connectivity index (χ1) is 12.2. The van der Waals surface area contributed by atoms with E-state index in [2.05, 4.69) is 15.5 Å². The molecular formula is C19H19N3O3. The lowest BCUT2D eigenvalue weighted by Gasteiger charge is -2.16. The third kappa shape index (κ3) is 4.03. The number of ether oxygens (including phenoxy) is 1. The zero-order chi connectivity index (χ0) is 17.6. The monoisotopic (exact) mass is 337 g/mol. The van der Waals surface area contributed by atoms with Crippen molar-refractivity contribution in [3.05, 3.63) is 77.5 Å². The topological polar surface area (TPSA) is 77.2 Å². The summed E-state index contributed by atoms with van der Waals surface area (Å²) in [6.07, 6.45) is 0.545. The molecule has 6 heteroatoms. The van der Waals surface area contributed by atoms with Gasteiger partial charge in [-0.15, -0.1) is 10.2 Å². The number of rotatable bonds is 6. The van der Waals surface area contributed by atoms with Crippen molar-refractivity contribution in [3.63, 3.8) is 0 Å². The molecule has 3 rings (SSSR count). The smallest absolute Gasteiger partial charge is 0.255 e. The van der Waals surface area contributed by atoms with Crippen molar-refractivity contribution in [1.82, 2.24) is 15.5 Å². The van der Waals surface area contributed by atoms with Crippen LogP contribution in [0.5, 0.6) is 5.75 Å². The molecule has 1 heterocycles. The third-order valence-electron chi connectivity index (χ3n) is 3.78. The fourth-order valence-electron chi connectivity index (χ4n) is 2.57. The van der Waals surface area contributed by atoms with Gasteiger partial charge in [0, 0.05) is 13.3 Å². The second-order valence-corrected chi connectivity index (χ2v) is 5.58. The van der Waals surface area contributed by atoms with E-state index in [4.69, 9.17) is 9.15 Å². The number of hydrogen-bond acceptors (Lipinski definition) is 5. The molecule has 0 radical (unpaired) electrons. The highest BCUT2D eigenvalue weighted by atomic mass is 16.5. The molecule has 0 aliphatic rings. The minimum atomic E-state index is -0.430. The van der Waals surface area contributed by atoms with Crippen LogP contribution in [0.3, 0.4) is 0 Å². The fraction of sp³-hybridized carbons (Fsp3) is 0.211. The minimum Gasteiger partial charge on any atom is -0.496 e. The average Bonchev–Trinajstić information content (AvgIpc) is 3.08. The van der Waals surface area contributed by atoms with Gasteiger partial charge >= 0.3 is 0 Å². The second-order valence-electron chi connectivity index (χ2n) is 5.58. The van der Waals surface area contributed by atoms with Gasteiger partial charge in [0.2, 0.25) is 11.8 Å². The van der Waals surface area contributed by atoms with Gasteiger partial charge < -0.3 is 14.5 Å². The SMILES string of the molecule is COc1ccccc1C(=O)NC(Cc1ccccc1)c1nnc(C)o1. The molecular weight excluding hydrogens is 318 g/mol. The number of nitrogens with zero attached hydrogens (tertiary/aromatic N) is 2. The van der Waals surface area contributed by atoms with E-state index < -0.39 is 6.04 Å². The van der Waals surface area contributed by atoms with Crippen LogP contribution in [0.2, 0.25) is 0 Å². The molecule has 0 aliphatic carbocycles. The molecule has 0 bridgehead atoms. The summed E-state index contributed by atoms with van der Waals surface area (Å²) in [5, 5.41) is 10.9. The molecule has 1 atom stereocenters. The molecule has 1 unspecified atom stereocenters. The molecule has 3 aromatic rings. The predicted octanol–water partition coefficient (Wildman–Crippen LogP) is 3.10. The van der Waals surface area contributed by atoms with E-state index in [-0.39, 0.29) is 5.91 Å². The van der Waals surface area contributed by atoms with Crippen LogP contribution in [0, 0.1) is 6.92 Å². The maximum Gasteiger partial charge on any atom is 0.255 e. The molecule has 1 amide bonds. The largest absolute Gasteiger partial charge is 0.496 e. The first-order valence-electron chi connectivity index (χ1n) is 7.95.